The Morgan fingerprint density at radius 2 is 2.00 bits per heavy atom. The van der Waals surface area contributed by atoms with Crippen LogP contribution in [0.2, 0.25) is 0 Å². The van der Waals surface area contributed by atoms with Crippen molar-refractivity contribution in [2.75, 3.05) is 0 Å². The van der Waals surface area contributed by atoms with Gasteiger partial charge in [0.2, 0.25) is 5.91 Å². The van der Waals surface area contributed by atoms with Crippen LogP contribution in [0.3, 0.4) is 0 Å². The highest BCUT2D eigenvalue weighted by Crippen LogP contribution is 1.97. The summed E-state index contributed by atoms with van der Waals surface area (Å²) in [6.07, 6.45) is 2.84. The highest BCUT2D eigenvalue weighted by Gasteiger charge is 2.08. The van der Waals surface area contributed by atoms with Gasteiger partial charge in [0.1, 0.15) is 12.9 Å². The molecule has 2 rings (SSSR count). The van der Waals surface area contributed by atoms with Crippen LogP contribution in [0.4, 0.5) is 0 Å². The zero-order valence-electron chi connectivity index (χ0n) is 12.3. The molecule has 0 aromatic carbocycles. The Balaban J connectivity index is 1.99. The van der Waals surface area contributed by atoms with Crippen molar-refractivity contribution < 1.29 is 4.79 Å². The maximum Gasteiger partial charge on any atom is 0.256 e. The Morgan fingerprint density at radius 1 is 1.24 bits per heavy atom. The van der Waals surface area contributed by atoms with Crippen LogP contribution < -0.4 is 10.9 Å². The Kier molecular flexibility index (Phi) is 4.42. The fourth-order valence-corrected chi connectivity index (χ4v) is 1.79. The third-order valence-electron chi connectivity index (χ3n) is 3.16. The molecule has 1 N–H and O–H groups in total. The first-order valence-corrected chi connectivity index (χ1v) is 6.54. The highest BCUT2D eigenvalue weighted by molar-refractivity contribution is 5.75. The average molecular weight is 287 g/mol. The smallest absolute Gasteiger partial charge is 0.256 e. The molecule has 2 aromatic rings. The van der Waals surface area contributed by atoms with E-state index in [1.165, 1.54) is 17.2 Å². The van der Waals surface area contributed by atoms with E-state index in [9.17, 15) is 9.59 Å². The molecule has 0 aliphatic rings. The van der Waals surface area contributed by atoms with E-state index in [-0.39, 0.29) is 18.0 Å². The van der Waals surface area contributed by atoms with Gasteiger partial charge >= 0.3 is 0 Å². The molecule has 0 saturated heterocycles. The molecule has 0 aliphatic carbocycles. The van der Waals surface area contributed by atoms with Gasteiger partial charge in [-0.3, -0.25) is 14.2 Å². The molecule has 2 aromatic heterocycles. The molecule has 0 atom stereocenters. The highest BCUT2D eigenvalue weighted by atomic mass is 16.2. The molecular formula is C14H17N5O2. The fourth-order valence-electron chi connectivity index (χ4n) is 1.79. The predicted octanol–water partition coefficient (Wildman–Crippen LogP) is 0.275. The number of aromatic nitrogens is 4. The molecule has 7 heteroatoms. The van der Waals surface area contributed by atoms with Crippen LogP contribution in [0.5, 0.6) is 0 Å². The van der Waals surface area contributed by atoms with Crippen molar-refractivity contribution in [3.05, 3.63) is 51.7 Å². The minimum atomic E-state index is -0.265. The number of carbonyl (C=O) groups excluding carboxylic acids is 1. The lowest BCUT2D eigenvalue weighted by molar-refractivity contribution is -0.121. The number of nitrogens with zero attached hydrogens (tertiary/aromatic N) is 4. The van der Waals surface area contributed by atoms with Crippen molar-refractivity contribution >= 4 is 5.91 Å². The largest absolute Gasteiger partial charge is 0.349 e. The molecular weight excluding hydrogens is 270 g/mol. The standard InChI is InChI=1S/C14H17N5O2/c1-9-4-12(17-7-16-9)5-15-13(20)6-19-8-18-11(3)10(2)14(19)21/h4,7-8H,5-6H2,1-3H3,(H,15,20). The summed E-state index contributed by atoms with van der Waals surface area (Å²) >= 11 is 0. The van der Waals surface area contributed by atoms with Crippen LogP contribution in [0, 0.1) is 20.8 Å². The van der Waals surface area contributed by atoms with Crippen molar-refractivity contribution in [2.45, 2.75) is 33.9 Å². The second-order valence-corrected chi connectivity index (χ2v) is 4.82. The normalized spacial score (nSPS) is 10.4. The number of amides is 1. The van der Waals surface area contributed by atoms with E-state index in [4.69, 9.17) is 0 Å². The Morgan fingerprint density at radius 3 is 2.71 bits per heavy atom. The minimum Gasteiger partial charge on any atom is -0.349 e. The summed E-state index contributed by atoms with van der Waals surface area (Å²) in [5.74, 6) is -0.265. The van der Waals surface area contributed by atoms with Gasteiger partial charge in [0.25, 0.3) is 5.56 Å². The van der Waals surface area contributed by atoms with Gasteiger partial charge in [-0.15, -0.1) is 0 Å². The lowest BCUT2D eigenvalue weighted by Gasteiger charge is -2.08. The summed E-state index contributed by atoms with van der Waals surface area (Å²) in [5, 5.41) is 2.72. The Bertz CT molecular complexity index is 724. The van der Waals surface area contributed by atoms with Crippen molar-refractivity contribution in [1.29, 1.82) is 0 Å². The van der Waals surface area contributed by atoms with E-state index < -0.39 is 0 Å². The molecule has 0 aliphatic heterocycles. The number of carbonyl (C=O) groups is 1. The topological polar surface area (TPSA) is 89.8 Å². The number of hydrogen-bond donors (Lipinski definition) is 1. The molecule has 0 fully saturated rings. The zero-order chi connectivity index (χ0) is 15.4. The summed E-state index contributed by atoms with van der Waals surface area (Å²) in [6.45, 7) is 5.56. The van der Waals surface area contributed by atoms with E-state index in [1.807, 2.05) is 6.92 Å². The number of hydrogen-bond acceptors (Lipinski definition) is 5. The monoisotopic (exact) mass is 287 g/mol. The number of nitrogens with one attached hydrogen (secondary N) is 1. The first-order valence-electron chi connectivity index (χ1n) is 6.54. The molecule has 7 nitrogen and oxygen atoms in total. The molecule has 110 valence electrons. The van der Waals surface area contributed by atoms with E-state index in [1.54, 1.807) is 19.9 Å². The first-order chi connectivity index (χ1) is 9.97. The van der Waals surface area contributed by atoms with E-state index >= 15 is 0 Å². The van der Waals surface area contributed by atoms with Crippen molar-refractivity contribution in [1.82, 2.24) is 24.8 Å². The van der Waals surface area contributed by atoms with Crippen molar-refractivity contribution in [3.8, 4) is 0 Å². The summed E-state index contributed by atoms with van der Waals surface area (Å²) in [7, 11) is 0. The first kappa shape index (κ1) is 14.8. The lowest BCUT2D eigenvalue weighted by Crippen LogP contribution is -2.33. The van der Waals surface area contributed by atoms with Crippen LogP contribution in [0.1, 0.15) is 22.6 Å². The molecule has 0 spiro atoms. The predicted molar refractivity (Wildman–Crippen MR) is 76.6 cm³/mol. The van der Waals surface area contributed by atoms with E-state index in [2.05, 4.69) is 20.3 Å². The van der Waals surface area contributed by atoms with Crippen LogP contribution in [-0.2, 0) is 17.9 Å². The molecule has 0 saturated carbocycles. The molecule has 0 unspecified atom stereocenters. The zero-order valence-corrected chi connectivity index (χ0v) is 12.3. The van der Waals surface area contributed by atoms with E-state index in [0.717, 1.165) is 11.4 Å². The lowest BCUT2D eigenvalue weighted by atomic mass is 10.3. The van der Waals surface area contributed by atoms with Crippen LogP contribution in [0.15, 0.2) is 23.5 Å². The molecule has 21 heavy (non-hydrogen) atoms. The summed E-state index contributed by atoms with van der Waals surface area (Å²) < 4.78 is 1.29. The van der Waals surface area contributed by atoms with Gasteiger partial charge in [-0.25, -0.2) is 15.0 Å². The van der Waals surface area contributed by atoms with Crippen LogP contribution >= 0.6 is 0 Å². The van der Waals surface area contributed by atoms with Gasteiger partial charge in [0.05, 0.1) is 18.6 Å². The maximum atomic E-state index is 12.0. The second kappa shape index (κ2) is 6.25. The molecule has 0 radical (unpaired) electrons. The third-order valence-corrected chi connectivity index (χ3v) is 3.16. The van der Waals surface area contributed by atoms with Gasteiger partial charge in [0.15, 0.2) is 0 Å². The summed E-state index contributed by atoms with van der Waals surface area (Å²) in [6, 6.07) is 1.80. The third kappa shape index (κ3) is 3.71. The minimum absolute atomic E-state index is 0.0585. The van der Waals surface area contributed by atoms with E-state index in [0.29, 0.717) is 17.8 Å². The molecule has 1 amide bonds. The van der Waals surface area contributed by atoms with Crippen LogP contribution in [-0.4, -0.2) is 25.4 Å². The van der Waals surface area contributed by atoms with Gasteiger partial charge in [0, 0.05) is 17.0 Å². The fraction of sp³-hybridized carbons (Fsp3) is 0.357. The van der Waals surface area contributed by atoms with Gasteiger partial charge < -0.3 is 5.32 Å². The Hall–Kier alpha value is -2.57. The van der Waals surface area contributed by atoms with Gasteiger partial charge in [-0.1, -0.05) is 0 Å². The second-order valence-electron chi connectivity index (χ2n) is 4.82. The molecule has 0 bridgehead atoms. The summed E-state index contributed by atoms with van der Waals surface area (Å²) in [4.78, 5) is 36.0. The van der Waals surface area contributed by atoms with Gasteiger partial charge in [-0.2, -0.15) is 0 Å². The summed E-state index contributed by atoms with van der Waals surface area (Å²) in [5.41, 5.74) is 2.59. The maximum absolute atomic E-state index is 12.0. The van der Waals surface area contributed by atoms with Crippen LogP contribution in [0.25, 0.3) is 0 Å². The molecule has 2 heterocycles. The number of rotatable bonds is 4. The quantitative estimate of drug-likeness (QED) is 0.872. The van der Waals surface area contributed by atoms with Gasteiger partial charge in [-0.05, 0) is 26.8 Å². The van der Waals surface area contributed by atoms with Crippen molar-refractivity contribution in [3.63, 3.8) is 0 Å². The SMILES string of the molecule is Cc1cc(CNC(=O)Cn2cnc(C)c(C)c2=O)ncn1. The average Bonchev–Trinajstić information content (AvgIpc) is 2.46. The number of aryl methyl sites for hydroxylation is 2. The Labute approximate surface area is 122 Å². The van der Waals surface area contributed by atoms with Crippen molar-refractivity contribution in [2.24, 2.45) is 0 Å².